The van der Waals surface area contributed by atoms with Crippen molar-refractivity contribution >= 4 is 39.2 Å². The molecule has 1 heterocycles. The summed E-state index contributed by atoms with van der Waals surface area (Å²) in [6.45, 7) is 2.02. The zero-order valence-corrected chi connectivity index (χ0v) is 15.3. The number of para-hydroxylation sites is 1. The molecule has 4 aromatic rings. The van der Waals surface area contributed by atoms with E-state index in [0.717, 1.165) is 37.8 Å². The van der Waals surface area contributed by atoms with Crippen molar-refractivity contribution in [2.45, 2.75) is 6.92 Å². The number of hydrogen-bond acceptors (Lipinski definition) is 2. The molecule has 1 nitrogen and oxygen atoms in total. The topological polar surface area (TPSA) is 12.9 Å². The molecule has 3 heteroatoms. The SMILES string of the molecule is C/C=C/c1cc(Cl)ccc1-c1cccc2sc(-c3ccccc3)nc12. The second kappa shape index (κ2) is 6.83. The van der Waals surface area contributed by atoms with Crippen molar-refractivity contribution in [3.8, 4) is 21.7 Å². The van der Waals surface area contributed by atoms with Crippen LogP contribution in [0.3, 0.4) is 0 Å². The van der Waals surface area contributed by atoms with Gasteiger partial charge in [-0.1, -0.05) is 72.3 Å². The van der Waals surface area contributed by atoms with Gasteiger partial charge in [-0.3, -0.25) is 0 Å². The summed E-state index contributed by atoms with van der Waals surface area (Å²) in [5.74, 6) is 0. The zero-order valence-electron chi connectivity index (χ0n) is 13.7. The van der Waals surface area contributed by atoms with E-state index in [1.165, 1.54) is 4.70 Å². The second-order valence-electron chi connectivity index (χ2n) is 5.77. The predicted octanol–water partition coefficient (Wildman–Crippen LogP) is 7.32. The van der Waals surface area contributed by atoms with Gasteiger partial charge in [-0.15, -0.1) is 11.3 Å². The smallest absolute Gasteiger partial charge is 0.124 e. The van der Waals surface area contributed by atoms with E-state index < -0.39 is 0 Å². The number of aromatic nitrogens is 1. The standard InChI is InChI=1S/C22H16ClNS/c1-2-7-16-14-17(23)12-13-18(16)19-10-6-11-20-21(19)24-22(25-20)15-8-4-3-5-9-15/h2-14H,1H3/b7-2+. The van der Waals surface area contributed by atoms with Crippen LogP contribution in [-0.4, -0.2) is 4.98 Å². The molecule has 0 fully saturated rings. The maximum Gasteiger partial charge on any atom is 0.124 e. The Labute approximate surface area is 156 Å². The number of hydrogen-bond donors (Lipinski definition) is 0. The van der Waals surface area contributed by atoms with Gasteiger partial charge in [-0.2, -0.15) is 0 Å². The molecule has 0 spiro atoms. The maximum atomic E-state index is 6.19. The summed E-state index contributed by atoms with van der Waals surface area (Å²) < 4.78 is 1.19. The number of fused-ring (bicyclic) bond motifs is 1. The van der Waals surface area contributed by atoms with Gasteiger partial charge in [0.05, 0.1) is 10.2 Å². The molecule has 0 saturated heterocycles. The van der Waals surface area contributed by atoms with Crippen LogP contribution in [0.15, 0.2) is 72.8 Å². The highest BCUT2D eigenvalue weighted by atomic mass is 35.5. The van der Waals surface area contributed by atoms with Crippen molar-refractivity contribution in [1.29, 1.82) is 0 Å². The Balaban J connectivity index is 1.93. The molecule has 0 N–H and O–H groups in total. The lowest BCUT2D eigenvalue weighted by atomic mass is 9.98. The first kappa shape index (κ1) is 16.1. The molecule has 0 atom stereocenters. The average molecular weight is 362 g/mol. The predicted molar refractivity (Wildman–Crippen MR) is 110 cm³/mol. The summed E-state index contributed by atoms with van der Waals surface area (Å²) in [6, 6.07) is 22.7. The Hall–Kier alpha value is -2.42. The van der Waals surface area contributed by atoms with E-state index in [-0.39, 0.29) is 0 Å². The second-order valence-corrected chi connectivity index (χ2v) is 7.24. The first-order chi connectivity index (χ1) is 12.3. The molecule has 3 aromatic carbocycles. The third kappa shape index (κ3) is 3.11. The summed E-state index contributed by atoms with van der Waals surface area (Å²) in [5, 5.41) is 1.79. The number of thiazole rings is 1. The lowest BCUT2D eigenvalue weighted by Crippen LogP contribution is -1.86. The lowest BCUT2D eigenvalue weighted by molar-refractivity contribution is 1.47. The lowest BCUT2D eigenvalue weighted by Gasteiger charge is -2.08. The molecule has 4 rings (SSSR count). The highest BCUT2D eigenvalue weighted by Crippen LogP contribution is 2.37. The Morgan fingerprint density at radius 1 is 0.920 bits per heavy atom. The molecule has 1 aromatic heterocycles. The number of benzene rings is 3. The van der Waals surface area contributed by atoms with Crippen molar-refractivity contribution in [1.82, 2.24) is 4.98 Å². The Bertz CT molecular complexity index is 1060. The molecule has 0 aliphatic carbocycles. The van der Waals surface area contributed by atoms with Crippen molar-refractivity contribution in [2.75, 3.05) is 0 Å². The Kier molecular flexibility index (Phi) is 4.39. The molecular weight excluding hydrogens is 346 g/mol. The molecule has 0 aliphatic heterocycles. The van der Waals surface area contributed by atoms with Crippen molar-refractivity contribution in [2.24, 2.45) is 0 Å². The largest absolute Gasteiger partial charge is 0.235 e. The van der Waals surface area contributed by atoms with Crippen LogP contribution in [0.2, 0.25) is 5.02 Å². The fraction of sp³-hybridized carbons (Fsp3) is 0.0455. The van der Waals surface area contributed by atoms with E-state index in [2.05, 4.69) is 42.5 Å². The molecule has 25 heavy (non-hydrogen) atoms. The summed E-state index contributed by atoms with van der Waals surface area (Å²) in [5.41, 5.74) is 5.59. The van der Waals surface area contributed by atoms with E-state index in [0.29, 0.717) is 0 Å². The molecule has 0 aliphatic rings. The number of allylic oxidation sites excluding steroid dienone is 1. The third-order valence-corrected chi connectivity index (χ3v) is 5.39. The quantitative estimate of drug-likeness (QED) is 0.372. The fourth-order valence-electron chi connectivity index (χ4n) is 2.97. The van der Waals surface area contributed by atoms with Crippen LogP contribution in [-0.2, 0) is 0 Å². The van der Waals surface area contributed by atoms with Gasteiger partial charge in [0.1, 0.15) is 5.01 Å². The van der Waals surface area contributed by atoms with Gasteiger partial charge in [0.15, 0.2) is 0 Å². The number of nitrogens with zero attached hydrogens (tertiary/aromatic N) is 1. The van der Waals surface area contributed by atoms with Crippen molar-refractivity contribution < 1.29 is 0 Å². The molecule has 0 amide bonds. The van der Waals surface area contributed by atoms with E-state index >= 15 is 0 Å². The fourth-order valence-corrected chi connectivity index (χ4v) is 4.14. The van der Waals surface area contributed by atoms with E-state index in [1.54, 1.807) is 11.3 Å². The van der Waals surface area contributed by atoms with E-state index in [1.807, 2.05) is 43.3 Å². The average Bonchev–Trinajstić information content (AvgIpc) is 3.07. The van der Waals surface area contributed by atoms with E-state index in [4.69, 9.17) is 16.6 Å². The van der Waals surface area contributed by atoms with Gasteiger partial charge < -0.3 is 0 Å². The van der Waals surface area contributed by atoms with Crippen LogP contribution in [0.25, 0.3) is 38.0 Å². The highest BCUT2D eigenvalue weighted by Gasteiger charge is 2.13. The summed E-state index contributed by atoms with van der Waals surface area (Å²) in [6.07, 6.45) is 4.12. The van der Waals surface area contributed by atoms with Gasteiger partial charge in [0, 0.05) is 16.1 Å². The molecule has 0 bridgehead atoms. The minimum atomic E-state index is 0.743. The van der Waals surface area contributed by atoms with Crippen molar-refractivity contribution in [3.63, 3.8) is 0 Å². The van der Waals surface area contributed by atoms with Crippen LogP contribution in [0.4, 0.5) is 0 Å². The first-order valence-electron chi connectivity index (χ1n) is 8.14. The minimum absolute atomic E-state index is 0.743. The number of halogens is 1. The van der Waals surface area contributed by atoms with Crippen LogP contribution in [0.1, 0.15) is 12.5 Å². The van der Waals surface area contributed by atoms with Crippen LogP contribution >= 0.6 is 22.9 Å². The highest BCUT2D eigenvalue weighted by molar-refractivity contribution is 7.21. The summed E-state index contributed by atoms with van der Waals surface area (Å²) in [4.78, 5) is 4.94. The summed E-state index contributed by atoms with van der Waals surface area (Å²) in [7, 11) is 0. The van der Waals surface area contributed by atoms with Gasteiger partial charge in [0.25, 0.3) is 0 Å². The van der Waals surface area contributed by atoms with Crippen LogP contribution < -0.4 is 0 Å². The first-order valence-corrected chi connectivity index (χ1v) is 9.33. The molecule has 122 valence electrons. The Morgan fingerprint density at radius 3 is 2.56 bits per heavy atom. The van der Waals surface area contributed by atoms with Gasteiger partial charge in [-0.05, 0) is 36.2 Å². The molecule has 0 radical (unpaired) electrons. The van der Waals surface area contributed by atoms with Gasteiger partial charge in [0.2, 0.25) is 0 Å². The third-order valence-electron chi connectivity index (χ3n) is 4.09. The zero-order chi connectivity index (χ0) is 17.2. The summed E-state index contributed by atoms with van der Waals surface area (Å²) >= 11 is 7.92. The minimum Gasteiger partial charge on any atom is -0.235 e. The van der Waals surface area contributed by atoms with E-state index in [9.17, 15) is 0 Å². The van der Waals surface area contributed by atoms with Crippen LogP contribution in [0.5, 0.6) is 0 Å². The molecule has 0 saturated carbocycles. The van der Waals surface area contributed by atoms with Gasteiger partial charge in [-0.25, -0.2) is 4.98 Å². The van der Waals surface area contributed by atoms with Crippen molar-refractivity contribution in [3.05, 3.63) is 83.4 Å². The molecular formula is C22H16ClNS. The number of rotatable bonds is 3. The monoisotopic (exact) mass is 361 g/mol. The molecule has 0 unspecified atom stereocenters. The van der Waals surface area contributed by atoms with Gasteiger partial charge >= 0.3 is 0 Å². The van der Waals surface area contributed by atoms with Crippen LogP contribution in [0, 0.1) is 0 Å². The normalized spacial score (nSPS) is 11.4. The Morgan fingerprint density at radius 2 is 1.76 bits per heavy atom. The maximum absolute atomic E-state index is 6.19.